The largest absolute Gasteiger partial charge is 0.456 e. The molecule has 0 bridgehead atoms. The smallest absolute Gasteiger partial charge is 0.140 e. The third-order valence-electron chi connectivity index (χ3n) is 9.17. The van der Waals surface area contributed by atoms with Crippen LogP contribution in [-0.2, 0) is 5.41 Å². The van der Waals surface area contributed by atoms with Crippen LogP contribution in [0, 0.1) is 0 Å². The maximum atomic E-state index is 7.09. The van der Waals surface area contributed by atoms with Crippen molar-refractivity contribution in [1.82, 2.24) is 0 Å². The summed E-state index contributed by atoms with van der Waals surface area (Å²) in [6, 6.07) is 54.0. The monoisotopic (exact) mass is 568 g/mol. The number of para-hydroxylation sites is 1. The third-order valence-corrected chi connectivity index (χ3v) is 9.39. The number of halogens is 1. The van der Waals surface area contributed by atoms with Gasteiger partial charge in [0.1, 0.15) is 11.5 Å². The molecule has 2 aliphatic rings. The summed E-state index contributed by atoms with van der Waals surface area (Å²) in [5.74, 6) is 1.72. The average Bonchev–Trinajstić information content (AvgIpc) is 3.36. The SMILES string of the molecule is Clc1cc(-c2cc(-c3ccccc3)c3ccccc3c2)c2c(c1)C1(c3ccccc3O2)c2ccccc2-c2ccccc21. The number of benzene rings is 7. The lowest BCUT2D eigenvalue weighted by Gasteiger charge is -2.40. The van der Waals surface area contributed by atoms with Crippen LogP contribution in [0.2, 0.25) is 5.02 Å². The molecule has 43 heavy (non-hydrogen) atoms. The molecule has 7 aromatic carbocycles. The van der Waals surface area contributed by atoms with Crippen molar-refractivity contribution in [3.63, 3.8) is 0 Å². The van der Waals surface area contributed by atoms with Crippen LogP contribution < -0.4 is 4.74 Å². The van der Waals surface area contributed by atoms with E-state index in [-0.39, 0.29) is 0 Å². The Kier molecular flexibility index (Phi) is 5.24. The zero-order chi connectivity index (χ0) is 28.5. The van der Waals surface area contributed by atoms with Crippen molar-refractivity contribution in [3.8, 4) is 44.9 Å². The van der Waals surface area contributed by atoms with Gasteiger partial charge in [0.15, 0.2) is 0 Å². The Bertz CT molecular complexity index is 2180. The summed E-state index contributed by atoms with van der Waals surface area (Å²) in [6.45, 7) is 0. The minimum atomic E-state index is -0.559. The number of ether oxygens (including phenoxy) is 1. The molecule has 202 valence electrons. The van der Waals surface area contributed by atoms with E-state index in [2.05, 4.69) is 152 Å². The predicted molar refractivity (Wildman–Crippen MR) is 177 cm³/mol. The molecule has 0 N–H and O–H groups in total. The summed E-state index contributed by atoms with van der Waals surface area (Å²) in [7, 11) is 0. The summed E-state index contributed by atoms with van der Waals surface area (Å²) in [4.78, 5) is 0. The van der Waals surface area contributed by atoms with Crippen LogP contribution in [0.4, 0.5) is 0 Å². The van der Waals surface area contributed by atoms with Crippen molar-refractivity contribution in [2.24, 2.45) is 0 Å². The van der Waals surface area contributed by atoms with Gasteiger partial charge >= 0.3 is 0 Å². The van der Waals surface area contributed by atoms with Gasteiger partial charge in [0.2, 0.25) is 0 Å². The highest BCUT2D eigenvalue weighted by Gasteiger charge is 2.51. The quantitative estimate of drug-likeness (QED) is 0.201. The molecule has 2 heteroatoms. The molecule has 0 fully saturated rings. The van der Waals surface area contributed by atoms with Crippen molar-refractivity contribution in [3.05, 3.63) is 179 Å². The third kappa shape index (κ3) is 3.40. The highest BCUT2D eigenvalue weighted by atomic mass is 35.5. The Morgan fingerprint density at radius 3 is 1.84 bits per heavy atom. The predicted octanol–water partition coefficient (Wildman–Crippen LogP) is 11.3. The lowest BCUT2D eigenvalue weighted by molar-refractivity contribution is 0.438. The van der Waals surface area contributed by atoms with E-state index >= 15 is 0 Å². The van der Waals surface area contributed by atoms with Gasteiger partial charge in [0.25, 0.3) is 0 Å². The van der Waals surface area contributed by atoms with Gasteiger partial charge in [-0.25, -0.2) is 0 Å². The lowest BCUT2D eigenvalue weighted by atomic mass is 9.65. The summed E-state index contributed by atoms with van der Waals surface area (Å²) in [5.41, 5.74) is 11.1. The first-order valence-electron chi connectivity index (χ1n) is 14.6. The fraction of sp³-hybridized carbons (Fsp3) is 0.0244. The Hall–Kier alpha value is -5.11. The fourth-order valence-electron chi connectivity index (χ4n) is 7.46. The number of fused-ring (bicyclic) bond motifs is 10. The summed E-state index contributed by atoms with van der Waals surface area (Å²) < 4.78 is 6.93. The van der Waals surface area contributed by atoms with Gasteiger partial charge in [-0.3, -0.25) is 0 Å². The highest BCUT2D eigenvalue weighted by molar-refractivity contribution is 6.31. The Morgan fingerprint density at radius 2 is 1.07 bits per heavy atom. The standard InChI is InChI=1S/C41H25ClO/c42-29-24-34(28-22-27-14-4-5-15-30(27)33(23-28)26-12-2-1-3-13-26)40-38(25-29)41(37-20-10-11-21-39(37)43-40)35-18-8-6-16-31(35)32-17-7-9-19-36(32)41/h1-25H. The zero-order valence-electron chi connectivity index (χ0n) is 23.2. The molecule has 1 nitrogen and oxygen atoms in total. The van der Waals surface area contributed by atoms with E-state index in [4.69, 9.17) is 16.3 Å². The highest BCUT2D eigenvalue weighted by Crippen LogP contribution is 2.63. The molecule has 1 aliphatic carbocycles. The van der Waals surface area contributed by atoms with E-state index in [9.17, 15) is 0 Å². The van der Waals surface area contributed by atoms with Crippen molar-refractivity contribution >= 4 is 22.4 Å². The number of hydrogen-bond acceptors (Lipinski definition) is 1. The lowest BCUT2D eigenvalue weighted by Crippen LogP contribution is -2.32. The first-order chi connectivity index (χ1) is 21.2. The average molecular weight is 569 g/mol. The van der Waals surface area contributed by atoms with Crippen LogP contribution in [0.1, 0.15) is 22.3 Å². The van der Waals surface area contributed by atoms with Crippen LogP contribution in [0.25, 0.3) is 44.2 Å². The van der Waals surface area contributed by atoms with Crippen molar-refractivity contribution < 1.29 is 4.74 Å². The van der Waals surface area contributed by atoms with Gasteiger partial charge < -0.3 is 4.74 Å². The molecular formula is C41H25ClO. The first-order valence-corrected chi connectivity index (χ1v) is 15.0. The van der Waals surface area contributed by atoms with Gasteiger partial charge in [-0.05, 0) is 80.0 Å². The molecular weight excluding hydrogens is 544 g/mol. The molecule has 0 aromatic heterocycles. The Balaban J connectivity index is 1.40. The number of rotatable bonds is 2. The van der Waals surface area contributed by atoms with Gasteiger partial charge in [-0.2, -0.15) is 0 Å². The fourth-order valence-corrected chi connectivity index (χ4v) is 7.67. The van der Waals surface area contributed by atoms with Gasteiger partial charge in [0.05, 0.1) is 5.41 Å². The second-order valence-corrected chi connectivity index (χ2v) is 11.8. The molecule has 0 saturated carbocycles. The maximum absolute atomic E-state index is 7.09. The normalized spacial score (nSPS) is 13.6. The van der Waals surface area contributed by atoms with E-state index in [1.165, 1.54) is 44.2 Å². The van der Waals surface area contributed by atoms with E-state index in [0.29, 0.717) is 5.02 Å². The molecule has 1 spiro atoms. The van der Waals surface area contributed by atoms with Gasteiger partial charge in [-0.15, -0.1) is 0 Å². The summed E-state index contributed by atoms with van der Waals surface area (Å²) >= 11 is 7.09. The van der Waals surface area contributed by atoms with E-state index in [0.717, 1.165) is 33.8 Å². The van der Waals surface area contributed by atoms with E-state index in [1.807, 2.05) is 0 Å². The topological polar surface area (TPSA) is 9.23 Å². The molecule has 0 saturated heterocycles. The van der Waals surface area contributed by atoms with Crippen molar-refractivity contribution in [2.45, 2.75) is 5.41 Å². The van der Waals surface area contributed by atoms with Gasteiger partial charge in [0, 0.05) is 21.7 Å². The molecule has 7 aromatic rings. The Labute approximate surface area is 255 Å². The summed E-state index contributed by atoms with van der Waals surface area (Å²) in [6.07, 6.45) is 0. The summed E-state index contributed by atoms with van der Waals surface area (Å²) in [5, 5.41) is 3.08. The van der Waals surface area contributed by atoms with E-state index in [1.54, 1.807) is 0 Å². The molecule has 1 heterocycles. The maximum Gasteiger partial charge on any atom is 0.140 e. The van der Waals surface area contributed by atoms with Crippen LogP contribution in [0.15, 0.2) is 152 Å². The minimum Gasteiger partial charge on any atom is -0.456 e. The molecule has 0 amide bonds. The van der Waals surface area contributed by atoms with Crippen LogP contribution in [-0.4, -0.2) is 0 Å². The minimum absolute atomic E-state index is 0.559. The van der Waals surface area contributed by atoms with Gasteiger partial charge in [-0.1, -0.05) is 133 Å². The van der Waals surface area contributed by atoms with Crippen molar-refractivity contribution in [2.75, 3.05) is 0 Å². The zero-order valence-corrected chi connectivity index (χ0v) is 24.0. The Morgan fingerprint density at radius 1 is 0.442 bits per heavy atom. The molecule has 9 rings (SSSR count). The molecule has 0 atom stereocenters. The van der Waals surface area contributed by atoms with Crippen molar-refractivity contribution in [1.29, 1.82) is 0 Å². The number of hydrogen-bond donors (Lipinski definition) is 0. The van der Waals surface area contributed by atoms with E-state index < -0.39 is 5.41 Å². The van der Waals surface area contributed by atoms with Crippen LogP contribution >= 0.6 is 11.6 Å². The second-order valence-electron chi connectivity index (χ2n) is 11.4. The molecule has 1 aliphatic heterocycles. The molecule has 0 radical (unpaired) electrons. The van der Waals surface area contributed by atoms with Crippen LogP contribution in [0.3, 0.4) is 0 Å². The second kappa shape index (κ2) is 9.19. The van der Waals surface area contributed by atoms with Crippen LogP contribution in [0.5, 0.6) is 11.5 Å². The first kappa shape index (κ1) is 24.5. The molecule has 0 unspecified atom stereocenters.